The number of nitriles is 1. The van der Waals surface area contributed by atoms with Crippen LogP contribution >= 0.6 is 0 Å². The minimum absolute atomic E-state index is 0.00715. The summed E-state index contributed by atoms with van der Waals surface area (Å²) in [6.07, 6.45) is 2.42. The standard InChI is InChI=1S/C24H23FN4O3/c25-21-12-17(6-7-18(21)14-26)22-13-23(30)29(28-22)20-10-8-19(9-11-20)27-24(31)32-15-16-4-2-1-3-5-16/h1-7,12-13,19-20,28H,8-11,15H2,(H,27,31). The lowest BCUT2D eigenvalue weighted by Gasteiger charge is -2.29. The number of alkyl carbamates (subject to hydrolysis) is 1. The molecule has 1 aliphatic rings. The van der Waals surface area contributed by atoms with Gasteiger partial charge in [-0.25, -0.2) is 13.9 Å². The van der Waals surface area contributed by atoms with Crippen molar-refractivity contribution in [3.05, 3.63) is 81.9 Å². The quantitative estimate of drug-likeness (QED) is 0.626. The third kappa shape index (κ3) is 4.89. The highest BCUT2D eigenvalue weighted by Crippen LogP contribution is 2.28. The summed E-state index contributed by atoms with van der Waals surface area (Å²) in [7, 11) is 0. The zero-order chi connectivity index (χ0) is 22.5. The molecule has 32 heavy (non-hydrogen) atoms. The molecule has 1 saturated carbocycles. The molecule has 164 valence electrons. The summed E-state index contributed by atoms with van der Waals surface area (Å²) in [6.45, 7) is 0.221. The van der Waals surface area contributed by atoms with Crippen molar-refractivity contribution in [2.45, 2.75) is 44.4 Å². The minimum Gasteiger partial charge on any atom is -0.445 e. The molecular weight excluding hydrogens is 411 g/mol. The second-order valence-corrected chi connectivity index (χ2v) is 7.90. The molecule has 0 radical (unpaired) electrons. The van der Waals surface area contributed by atoms with Crippen LogP contribution in [0.4, 0.5) is 9.18 Å². The minimum atomic E-state index is -0.621. The van der Waals surface area contributed by atoms with Gasteiger partial charge in [0, 0.05) is 17.7 Å². The van der Waals surface area contributed by atoms with E-state index in [0.29, 0.717) is 24.1 Å². The Kier molecular flexibility index (Phi) is 6.36. The highest BCUT2D eigenvalue weighted by Gasteiger charge is 2.25. The maximum Gasteiger partial charge on any atom is 0.407 e. The van der Waals surface area contributed by atoms with Gasteiger partial charge in [-0.15, -0.1) is 0 Å². The zero-order valence-electron chi connectivity index (χ0n) is 17.4. The molecule has 0 spiro atoms. The molecule has 1 aliphatic carbocycles. The van der Waals surface area contributed by atoms with E-state index in [1.54, 1.807) is 16.8 Å². The number of rotatable bonds is 5. The number of hydrogen-bond donors (Lipinski definition) is 2. The maximum atomic E-state index is 13.9. The van der Waals surface area contributed by atoms with Gasteiger partial charge in [0.15, 0.2) is 0 Å². The Morgan fingerprint density at radius 3 is 2.59 bits per heavy atom. The van der Waals surface area contributed by atoms with Crippen LogP contribution in [0.15, 0.2) is 59.4 Å². The van der Waals surface area contributed by atoms with E-state index in [0.717, 1.165) is 18.4 Å². The Morgan fingerprint density at radius 2 is 1.91 bits per heavy atom. The second kappa shape index (κ2) is 9.52. The molecule has 8 heteroatoms. The first-order valence-electron chi connectivity index (χ1n) is 10.5. The first-order valence-corrected chi connectivity index (χ1v) is 10.5. The van der Waals surface area contributed by atoms with Crippen molar-refractivity contribution in [2.24, 2.45) is 0 Å². The second-order valence-electron chi connectivity index (χ2n) is 7.90. The molecule has 0 aliphatic heterocycles. The van der Waals surface area contributed by atoms with Gasteiger partial charge in [0.05, 0.1) is 17.3 Å². The third-order valence-electron chi connectivity index (χ3n) is 5.74. The lowest BCUT2D eigenvalue weighted by Crippen LogP contribution is -2.39. The predicted molar refractivity (Wildman–Crippen MR) is 116 cm³/mol. The van der Waals surface area contributed by atoms with E-state index in [1.807, 2.05) is 30.3 Å². The van der Waals surface area contributed by atoms with Crippen LogP contribution in [-0.2, 0) is 11.3 Å². The number of ether oxygens (including phenoxy) is 1. The lowest BCUT2D eigenvalue weighted by atomic mass is 9.91. The summed E-state index contributed by atoms with van der Waals surface area (Å²) in [6, 6.07) is 16.9. The molecule has 1 aromatic heterocycles. The predicted octanol–water partition coefficient (Wildman–Crippen LogP) is 4.26. The maximum absolute atomic E-state index is 13.9. The number of nitrogens with one attached hydrogen (secondary N) is 2. The fourth-order valence-corrected chi connectivity index (χ4v) is 4.01. The molecule has 1 fully saturated rings. The van der Waals surface area contributed by atoms with Crippen LogP contribution in [0.1, 0.15) is 42.9 Å². The van der Waals surface area contributed by atoms with Crippen molar-refractivity contribution < 1.29 is 13.9 Å². The van der Waals surface area contributed by atoms with E-state index in [-0.39, 0.29) is 29.8 Å². The highest BCUT2D eigenvalue weighted by molar-refractivity contribution is 5.67. The molecule has 0 atom stereocenters. The topological polar surface area (TPSA) is 99.9 Å². The van der Waals surface area contributed by atoms with Gasteiger partial charge in [0.2, 0.25) is 0 Å². The van der Waals surface area contributed by atoms with Gasteiger partial charge >= 0.3 is 6.09 Å². The highest BCUT2D eigenvalue weighted by atomic mass is 19.1. The Labute approximate surface area is 184 Å². The van der Waals surface area contributed by atoms with Crippen molar-refractivity contribution in [3.63, 3.8) is 0 Å². The van der Waals surface area contributed by atoms with E-state index in [1.165, 1.54) is 18.2 Å². The average Bonchev–Trinajstić information content (AvgIpc) is 3.20. The van der Waals surface area contributed by atoms with Gasteiger partial charge in [-0.1, -0.05) is 36.4 Å². The molecule has 0 saturated heterocycles. The number of carbonyl (C=O) groups is 1. The van der Waals surface area contributed by atoms with E-state index < -0.39 is 11.9 Å². The Bertz CT molecular complexity index is 1190. The number of nitrogens with zero attached hydrogens (tertiary/aromatic N) is 2. The first-order chi connectivity index (χ1) is 15.5. The number of halogens is 1. The Hall–Kier alpha value is -3.86. The van der Waals surface area contributed by atoms with Crippen molar-refractivity contribution in [3.8, 4) is 17.3 Å². The van der Waals surface area contributed by atoms with E-state index in [2.05, 4.69) is 10.4 Å². The van der Waals surface area contributed by atoms with Crippen LogP contribution in [0.3, 0.4) is 0 Å². The lowest BCUT2D eigenvalue weighted by molar-refractivity contribution is 0.131. The fourth-order valence-electron chi connectivity index (χ4n) is 4.01. The molecule has 4 rings (SSSR count). The van der Waals surface area contributed by atoms with Crippen LogP contribution < -0.4 is 10.9 Å². The molecule has 1 amide bonds. The van der Waals surface area contributed by atoms with E-state index >= 15 is 0 Å². The molecular formula is C24H23FN4O3. The van der Waals surface area contributed by atoms with Crippen LogP contribution in [0, 0.1) is 17.1 Å². The number of H-pyrrole nitrogens is 1. The molecule has 2 N–H and O–H groups in total. The summed E-state index contributed by atoms with van der Waals surface area (Å²) in [4.78, 5) is 24.6. The van der Waals surface area contributed by atoms with Gasteiger partial charge in [-0.2, -0.15) is 5.26 Å². The third-order valence-corrected chi connectivity index (χ3v) is 5.74. The summed E-state index contributed by atoms with van der Waals surface area (Å²) < 4.78 is 20.8. The van der Waals surface area contributed by atoms with Crippen molar-refractivity contribution in [1.82, 2.24) is 15.1 Å². The Morgan fingerprint density at radius 1 is 1.16 bits per heavy atom. The van der Waals surface area contributed by atoms with Crippen molar-refractivity contribution >= 4 is 6.09 Å². The smallest absolute Gasteiger partial charge is 0.407 e. The summed E-state index contributed by atoms with van der Waals surface area (Å²) >= 11 is 0. The van der Waals surface area contributed by atoms with Crippen LogP contribution in [0.25, 0.3) is 11.3 Å². The number of aromatic nitrogens is 2. The first kappa shape index (κ1) is 21.4. The fraction of sp³-hybridized carbons (Fsp3) is 0.292. The van der Waals surface area contributed by atoms with Gasteiger partial charge in [-0.3, -0.25) is 9.89 Å². The molecule has 3 aromatic rings. The number of amides is 1. The van der Waals surface area contributed by atoms with Crippen LogP contribution in [0.5, 0.6) is 0 Å². The molecule has 7 nitrogen and oxygen atoms in total. The number of aromatic amines is 1. The Balaban J connectivity index is 1.32. The largest absolute Gasteiger partial charge is 0.445 e. The average molecular weight is 434 g/mol. The van der Waals surface area contributed by atoms with E-state index in [4.69, 9.17) is 10.00 Å². The summed E-state index contributed by atoms with van der Waals surface area (Å²) in [5, 5.41) is 14.8. The number of benzene rings is 2. The van der Waals surface area contributed by atoms with Gasteiger partial charge in [-0.05, 0) is 43.4 Å². The van der Waals surface area contributed by atoms with Crippen LogP contribution in [-0.4, -0.2) is 21.9 Å². The molecule has 0 unspecified atom stereocenters. The number of hydrogen-bond acceptors (Lipinski definition) is 4. The summed E-state index contributed by atoms with van der Waals surface area (Å²) in [5.74, 6) is -0.621. The van der Waals surface area contributed by atoms with Crippen LogP contribution in [0.2, 0.25) is 0 Å². The zero-order valence-corrected chi connectivity index (χ0v) is 17.4. The molecule has 1 heterocycles. The van der Waals surface area contributed by atoms with Crippen molar-refractivity contribution in [2.75, 3.05) is 0 Å². The summed E-state index contributed by atoms with van der Waals surface area (Å²) in [5.41, 5.74) is 1.71. The van der Waals surface area contributed by atoms with Gasteiger partial charge in [0.25, 0.3) is 5.56 Å². The SMILES string of the molecule is N#Cc1ccc(-c2cc(=O)n(C3CCC(NC(=O)OCc4ccccc4)CC3)[nH]2)cc1F. The van der Waals surface area contributed by atoms with Crippen molar-refractivity contribution in [1.29, 1.82) is 5.26 Å². The normalized spacial score (nSPS) is 18.0. The number of carbonyl (C=O) groups excluding carboxylic acids is 1. The van der Waals surface area contributed by atoms with Gasteiger partial charge in [0.1, 0.15) is 18.5 Å². The molecule has 2 aromatic carbocycles. The van der Waals surface area contributed by atoms with E-state index in [9.17, 15) is 14.0 Å². The monoisotopic (exact) mass is 434 g/mol. The molecule has 0 bridgehead atoms. The van der Waals surface area contributed by atoms with Gasteiger partial charge < -0.3 is 10.1 Å².